The number of benzene rings is 1. The smallest absolute Gasteiger partial charge is 0.272 e. The number of aromatic nitrogens is 1. The summed E-state index contributed by atoms with van der Waals surface area (Å²) in [5.74, 6) is 0.172. The molecule has 1 aromatic carbocycles. The first kappa shape index (κ1) is 12.1. The minimum absolute atomic E-state index is 0.0401. The number of likely N-dealkylation sites (tertiary alicyclic amines) is 1. The number of fused-ring (bicyclic) bond motifs is 1. The number of amides is 1. The van der Waals surface area contributed by atoms with Crippen LogP contribution in [0.4, 0.5) is 0 Å². The lowest BCUT2D eigenvalue weighted by Gasteiger charge is -2.15. The topological polar surface area (TPSA) is 53.4 Å². The number of carbonyl (C=O) groups excluding carboxylic acids is 1. The molecule has 1 fully saturated rings. The molecule has 19 heavy (non-hydrogen) atoms. The Morgan fingerprint density at radius 3 is 2.95 bits per heavy atom. The molecule has 1 aromatic heterocycles. The van der Waals surface area contributed by atoms with Crippen molar-refractivity contribution in [2.45, 2.75) is 6.42 Å². The van der Waals surface area contributed by atoms with E-state index in [2.05, 4.69) is 4.98 Å². The fourth-order valence-corrected chi connectivity index (χ4v) is 2.51. The maximum atomic E-state index is 12.3. The lowest BCUT2D eigenvalue weighted by Crippen LogP contribution is -2.29. The van der Waals surface area contributed by atoms with Gasteiger partial charge in [0.25, 0.3) is 5.91 Å². The highest BCUT2D eigenvalue weighted by Gasteiger charge is 2.27. The Morgan fingerprint density at radius 1 is 1.32 bits per heavy atom. The molecule has 98 valence electrons. The average Bonchev–Trinajstić information content (AvgIpc) is 2.95. The Hall–Kier alpha value is -1.94. The number of hydrogen-bond acceptors (Lipinski definition) is 3. The molecule has 2 heterocycles. The van der Waals surface area contributed by atoms with Gasteiger partial charge in [0, 0.05) is 31.0 Å². The van der Waals surface area contributed by atoms with E-state index in [0.717, 1.165) is 17.3 Å². The fourth-order valence-electron chi connectivity index (χ4n) is 2.51. The first-order valence-electron chi connectivity index (χ1n) is 6.54. The van der Waals surface area contributed by atoms with E-state index in [1.807, 2.05) is 30.3 Å². The monoisotopic (exact) mass is 256 g/mol. The summed E-state index contributed by atoms with van der Waals surface area (Å²) in [5.41, 5.74) is 1.32. The first-order valence-corrected chi connectivity index (χ1v) is 6.54. The van der Waals surface area contributed by atoms with Crippen LogP contribution in [0, 0.1) is 5.92 Å². The van der Waals surface area contributed by atoms with Gasteiger partial charge in [-0.15, -0.1) is 0 Å². The van der Waals surface area contributed by atoms with Crippen molar-refractivity contribution in [1.29, 1.82) is 0 Å². The van der Waals surface area contributed by atoms with E-state index in [1.165, 1.54) is 0 Å². The maximum Gasteiger partial charge on any atom is 0.272 e. The second-order valence-corrected chi connectivity index (χ2v) is 4.98. The van der Waals surface area contributed by atoms with Gasteiger partial charge in [-0.3, -0.25) is 4.79 Å². The molecule has 0 saturated carbocycles. The van der Waals surface area contributed by atoms with Gasteiger partial charge < -0.3 is 10.0 Å². The second kappa shape index (κ2) is 4.97. The number of nitrogens with zero attached hydrogens (tertiary/aromatic N) is 2. The number of aliphatic hydroxyl groups is 1. The van der Waals surface area contributed by atoms with Gasteiger partial charge in [-0.05, 0) is 18.6 Å². The van der Waals surface area contributed by atoms with Crippen LogP contribution in [0.2, 0.25) is 0 Å². The molecule has 1 aliphatic rings. The van der Waals surface area contributed by atoms with Crippen molar-refractivity contribution in [1.82, 2.24) is 9.88 Å². The van der Waals surface area contributed by atoms with E-state index < -0.39 is 0 Å². The largest absolute Gasteiger partial charge is 0.396 e. The molecule has 2 aromatic rings. The quantitative estimate of drug-likeness (QED) is 0.889. The maximum absolute atomic E-state index is 12.3. The van der Waals surface area contributed by atoms with Gasteiger partial charge in [-0.25, -0.2) is 4.98 Å². The molecular weight excluding hydrogens is 240 g/mol. The number of pyridine rings is 1. The molecule has 3 rings (SSSR count). The van der Waals surface area contributed by atoms with Crippen LogP contribution < -0.4 is 0 Å². The predicted octanol–water partition coefficient (Wildman–Crippen LogP) is 1.69. The van der Waals surface area contributed by atoms with Crippen LogP contribution in [-0.2, 0) is 0 Å². The highest BCUT2D eigenvalue weighted by molar-refractivity contribution is 5.95. The van der Waals surface area contributed by atoms with Crippen LogP contribution in [0.15, 0.2) is 36.4 Å². The minimum Gasteiger partial charge on any atom is -0.396 e. The molecule has 1 saturated heterocycles. The van der Waals surface area contributed by atoms with Crippen LogP contribution in [0.25, 0.3) is 10.9 Å². The summed E-state index contributed by atoms with van der Waals surface area (Å²) in [6.07, 6.45) is 0.871. The van der Waals surface area contributed by atoms with Crippen molar-refractivity contribution in [3.05, 3.63) is 42.1 Å². The molecule has 0 bridgehead atoms. The lowest BCUT2D eigenvalue weighted by atomic mass is 10.1. The van der Waals surface area contributed by atoms with Crippen LogP contribution in [0.1, 0.15) is 16.9 Å². The van der Waals surface area contributed by atoms with Crippen LogP contribution in [0.5, 0.6) is 0 Å². The molecule has 4 heteroatoms. The third kappa shape index (κ3) is 2.31. The van der Waals surface area contributed by atoms with Gasteiger partial charge >= 0.3 is 0 Å². The summed E-state index contributed by atoms with van der Waals surface area (Å²) in [4.78, 5) is 18.5. The van der Waals surface area contributed by atoms with Gasteiger partial charge in [0.1, 0.15) is 5.69 Å². The van der Waals surface area contributed by atoms with Gasteiger partial charge in [0.05, 0.1) is 5.52 Å². The Bertz CT molecular complexity index is 612. The van der Waals surface area contributed by atoms with E-state index in [9.17, 15) is 4.79 Å². The van der Waals surface area contributed by atoms with Crippen molar-refractivity contribution < 1.29 is 9.90 Å². The molecule has 0 radical (unpaired) electrons. The van der Waals surface area contributed by atoms with E-state index in [4.69, 9.17) is 5.11 Å². The molecule has 4 nitrogen and oxygen atoms in total. The summed E-state index contributed by atoms with van der Waals surface area (Å²) >= 11 is 0. The van der Waals surface area contributed by atoms with E-state index in [1.54, 1.807) is 11.0 Å². The van der Waals surface area contributed by atoms with Crippen LogP contribution in [0.3, 0.4) is 0 Å². The molecule has 1 N–H and O–H groups in total. The van der Waals surface area contributed by atoms with E-state index in [-0.39, 0.29) is 18.4 Å². The predicted molar refractivity (Wildman–Crippen MR) is 72.8 cm³/mol. The lowest BCUT2D eigenvalue weighted by molar-refractivity contribution is 0.0776. The summed E-state index contributed by atoms with van der Waals surface area (Å²) < 4.78 is 0. The van der Waals surface area contributed by atoms with E-state index >= 15 is 0 Å². The molecule has 0 aliphatic carbocycles. The first-order chi connectivity index (χ1) is 9.28. The molecule has 1 aliphatic heterocycles. The zero-order chi connectivity index (χ0) is 13.2. The molecule has 1 amide bonds. The highest BCUT2D eigenvalue weighted by Crippen LogP contribution is 2.19. The van der Waals surface area contributed by atoms with Gasteiger partial charge in [-0.2, -0.15) is 0 Å². The third-order valence-corrected chi connectivity index (χ3v) is 3.65. The van der Waals surface area contributed by atoms with Crippen molar-refractivity contribution in [3.8, 4) is 0 Å². The molecule has 0 spiro atoms. The van der Waals surface area contributed by atoms with Gasteiger partial charge in [0.15, 0.2) is 0 Å². The Morgan fingerprint density at radius 2 is 2.16 bits per heavy atom. The SMILES string of the molecule is O=C(c1ccc2ccccc2n1)N1CCC(CO)C1. The van der Waals surface area contributed by atoms with Gasteiger partial charge in [-0.1, -0.05) is 24.3 Å². The molecule has 1 atom stereocenters. The third-order valence-electron chi connectivity index (χ3n) is 3.65. The summed E-state index contributed by atoms with van der Waals surface area (Å²) in [5, 5.41) is 10.2. The van der Waals surface area contributed by atoms with Crippen molar-refractivity contribution in [2.75, 3.05) is 19.7 Å². The fraction of sp³-hybridized carbons (Fsp3) is 0.333. The second-order valence-electron chi connectivity index (χ2n) is 4.98. The van der Waals surface area contributed by atoms with Crippen molar-refractivity contribution >= 4 is 16.8 Å². The van der Waals surface area contributed by atoms with Crippen molar-refractivity contribution in [3.63, 3.8) is 0 Å². The van der Waals surface area contributed by atoms with Crippen LogP contribution >= 0.6 is 0 Å². The Labute approximate surface area is 111 Å². The Balaban J connectivity index is 1.85. The minimum atomic E-state index is -0.0401. The zero-order valence-electron chi connectivity index (χ0n) is 10.6. The number of carbonyl (C=O) groups is 1. The average molecular weight is 256 g/mol. The summed E-state index contributed by atoms with van der Waals surface area (Å²) in [6, 6.07) is 11.5. The zero-order valence-corrected chi connectivity index (χ0v) is 10.6. The van der Waals surface area contributed by atoms with Gasteiger partial charge in [0.2, 0.25) is 0 Å². The summed E-state index contributed by atoms with van der Waals surface area (Å²) in [7, 11) is 0. The highest BCUT2D eigenvalue weighted by atomic mass is 16.3. The van der Waals surface area contributed by atoms with Crippen molar-refractivity contribution in [2.24, 2.45) is 5.92 Å². The number of aliphatic hydroxyl groups excluding tert-OH is 1. The Kier molecular flexibility index (Phi) is 3.17. The normalized spacial score (nSPS) is 19.0. The number of rotatable bonds is 2. The van der Waals surface area contributed by atoms with E-state index in [0.29, 0.717) is 18.8 Å². The summed E-state index contributed by atoms with van der Waals surface area (Å²) in [6.45, 7) is 1.48. The number of para-hydroxylation sites is 1. The van der Waals surface area contributed by atoms with Crippen LogP contribution in [-0.4, -0.2) is 40.6 Å². The molecule has 1 unspecified atom stereocenters. The number of hydrogen-bond donors (Lipinski definition) is 1. The molecular formula is C15H16N2O2. The standard InChI is InChI=1S/C15H16N2O2/c18-10-11-7-8-17(9-11)15(19)14-6-5-12-3-1-2-4-13(12)16-14/h1-6,11,18H,7-10H2.